The van der Waals surface area contributed by atoms with Crippen LogP contribution in [0.15, 0.2) is 10.6 Å². The van der Waals surface area contributed by atoms with Crippen LogP contribution in [0.4, 0.5) is 5.82 Å². The zero-order chi connectivity index (χ0) is 18.4. The molecule has 1 saturated carbocycles. The molecule has 2 fully saturated rings. The van der Waals surface area contributed by atoms with Crippen molar-refractivity contribution >= 4 is 17.6 Å². The quantitative estimate of drug-likeness (QED) is 0.806. The summed E-state index contributed by atoms with van der Waals surface area (Å²) in [6, 6.07) is 1.68. The van der Waals surface area contributed by atoms with Crippen LogP contribution in [0.1, 0.15) is 50.7 Å². The number of nitrogens with zero attached hydrogens (tertiary/aromatic N) is 3. The molecule has 1 aromatic rings. The molecule has 3 rings (SSSR count). The molecule has 1 aliphatic heterocycles. The minimum atomic E-state index is -0.219. The van der Waals surface area contributed by atoms with Gasteiger partial charge in [-0.25, -0.2) is 0 Å². The molecule has 0 bridgehead atoms. The maximum Gasteiger partial charge on any atom is 0.245 e. The Balaban J connectivity index is 1.58. The number of carbonyl (C=O) groups excluding carboxylic acids is 2. The highest BCUT2D eigenvalue weighted by molar-refractivity contribution is 5.94. The van der Waals surface area contributed by atoms with Crippen molar-refractivity contribution in [2.24, 2.45) is 5.92 Å². The van der Waals surface area contributed by atoms with Crippen LogP contribution in [-0.4, -0.2) is 59.5 Å². The van der Waals surface area contributed by atoms with E-state index in [-0.39, 0.29) is 24.3 Å². The van der Waals surface area contributed by atoms with Crippen molar-refractivity contribution in [3.63, 3.8) is 0 Å². The maximum atomic E-state index is 13.0. The van der Waals surface area contributed by atoms with Gasteiger partial charge < -0.3 is 19.6 Å². The Hall–Kier alpha value is -1.89. The number of likely N-dealkylation sites (tertiary alicyclic amines) is 1. The highest BCUT2D eigenvalue weighted by Crippen LogP contribution is 2.25. The molecule has 2 aliphatic rings. The van der Waals surface area contributed by atoms with Crippen LogP contribution in [0.2, 0.25) is 0 Å². The van der Waals surface area contributed by atoms with E-state index in [9.17, 15) is 9.59 Å². The Morgan fingerprint density at radius 2 is 1.96 bits per heavy atom. The van der Waals surface area contributed by atoms with Crippen LogP contribution in [0.5, 0.6) is 0 Å². The van der Waals surface area contributed by atoms with Gasteiger partial charge in [0.2, 0.25) is 11.8 Å². The van der Waals surface area contributed by atoms with Crippen LogP contribution >= 0.6 is 0 Å². The van der Waals surface area contributed by atoms with Crippen molar-refractivity contribution in [3.05, 3.63) is 11.8 Å². The van der Waals surface area contributed by atoms with Gasteiger partial charge in [0, 0.05) is 25.1 Å². The van der Waals surface area contributed by atoms with Gasteiger partial charge in [-0.2, -0.15) is 0 Å². The van der Waals surface area contributed by atoms with Gasteiger partial charge in [-0.05, 0) is 45.7 Å². The maximum absolute atomic E-state index is 13.0. The van der Waals surface area contributed by atoms with E-state index < -0.39 is 0 Å². The molecule has 0 atom stereocenters. The molecule has 1 aromatic heterocycles. The second-order valence-electron chi connectivity index (χ2n) is 7.51. The summed E-state index contributed by atoms with van der Waals surface area (Å²) in [5.74, 6) is 1.03. The third-order valence-electron chi connectivity index (χ3n) is 5.38. The summed E-state index contributed by atoms with van der Waals surface area (Å²) in [5.41, 5.74) is 0. The summed E-state index contributed by atoms with van der Waals surface area (Å²) in [7, 11) is 0. The van der Waals surface area contributed by atoms with Gasteiger partial charge >= 0.3 is 0 Å². The van der Waals surface area contributed by atoms with Crippen LogP contribution in [0.25, 0.3) is 0 Å². The minimum absolute atomic E-state index is 0.0735. The first-order valence-corrected chi connectivity index (χ1v) is 9.86. The van der Waals surface area contributed by atoms with Crippen LogP contribution in [0.3, 0.4) is 0 Å². The lowest BCUT2D eigenvalue weighted by atomic mass is 9.88. The summed E-state index contributed by atoms with van der Waals surface area (Å²) in [6.45, 7) is 5.49. The molecule has 2 heterocycles. The van der Waals surface area contributed by atoms with Crippen molar-refractivity contribution in [2.75, 3.05) is 38.0 Å². The van der Waals surface area contributed by atoms with Gasteiger partial charge in [0.15, 0.2) is 5.82 Å². The number of hydrogen-bond donors (Lipinski definition) is 1. The fourth-order valence-electron chi connectivity index (χ4n) is 3.92. The lowest BCUT2D eigenvalue weighted by molar-refractivity contribution is -0.139. The SMILES string of the molecule is Cc1cc(NC(=O)CN(CCN2CCCC2)C(=O)C2CCCCC2)no1. The molecule has 1 N–H and O–H groups in total. The molecule has 0 spiro atoms. The number of aryl methyl sites for hydroxylation is 1. The smallest absolute Gasteiger partial charge is 0.245 e. The zero-order valence-electron chi connectivity index (χ0n) is 15.7. The van der Waals surface area contributed by atoms with Crippen molar-refractivity contribution in [3.8, 4) is 0 Å². The largest absolute Gasteiger partial charge is 0.360 e. The average molecular weight is 362 g/mol. The Morgan fingerprint density at radius 3 is 2.62 bits per heavy atom. The van der Waals surface area contributed by atoms with Gasteiger partial charge in [-0.15, -0.1) is 0 Å². The summed E-state index contributed by atoms with van der Waals surface area (Å²) in [5, 5.41) is 6.52. The van der Waals surface area contributed by atoms with Crippen molar-refractivity contribution in [1.29, 1.82) is 0 Å². The number of aromatic nitrogens is 1. The number of hydrogen-bond acceptors (Lipinski definition) is 5. The van der Waals surface area contributed by atoms with Crippen molar-refractivity contribution in [1.82, 2.24) is 15.0 Å². The van der Waals surface area contributed by atoms with E-state index in [0.717, 1.165) is 45.3 Å². The molecule has 144 valence electrons. The monoisotopic (exact) mass is 362 g/mol. The van der Waals surface area contributed by atoms with Crippen molar-refractivity contribution in [2.45, 2.75) is 51.9 Å². The normalized spacial score (nSPS) is 18.8. The predicted octanol–water partition coefficient (Wildman–Crippen LogP) is 2.43. The van der Waals surface area contributed by atoms with E-state index in [1.165, 1.54) is 19.3 Å². The molecule has 0 unspecified atom stereocenters. The second-order valence-corrected chi connectivity index (χ2v) is 7.51. The highest BCUT2D eigenvalue weighted by atomic mass is 16.5. The first kappa shape index (κ1) is 18.9. The zero-order valence-corrected chi connectivity index (χ0v) is 15.7. The van der Waals surface area contributed by atoms with Gasteiger partial charge in [0.25, 0.3) is 0 Å². The average Bonchev–Trinajstić information content (AvgIpc) is 3.30. The number of amides is 2. The van der Waals surface area contributed by atoms with E-state index in [2.05, 4.69) is 15.4 Å². The third-order valence-corrected chi connectivity index (χ3v) is 5.38. The summed E-state index contributed by atoms with van der Waals surface area (Å²) in [6.07, 6.45) is 7.78. The molecular formula is C19H30N4O3. The summed E-state index contributed by atoms with van der Waals surface area (Å²) < 4.78 is 4.98. The first-order chi connectivity index (χ1) is 12.6. The van der Waals surface area contributed by atoms with E-state index in [0.29, 0.717) is 18.1 Å². The Kier molecular flexibility index (Phi) is 6.66. The summed E-state index contributed by atoms with van der Waals surface area (Å²) >= 11 is 0. The van der Waals surface area contributed by atoms with Crippen molar-refractivity contribution < 1.29 is 14.1 Å². The molecule has 7 heteroatoms. The van der Waals surface area contributed by atoms with E-state index >= 15 is 0 Å². The van der Waals surface area contributed by atoms with Gasteiger partial charge in [0.1, 0.15) is 5.76 Å². The lowest BCUT2D eigenvalue weighted by Crippen LogP contribution is -2.45. The Bertz CT molecular complexity index is 604. The fraction of sp³-hybridized carbons (Fsp3) is 0.737. The lowest BCUT2D eigenvalue weighted by Gasteiger charge is -2.30. The van der Waals surface area contributed by atoms with Gasteiger partial charge in [0.05, 0.1) is 6.54 Å². The molecule has 0 aromatic carbocycles. The fourth-order valence-corrected chi connectivity index (χ4v) is 3.92. The minimum Gasteiger partial charge on any atom is -0.360 e. The molecule has 1 saturated heterocycles. The molecule has 2 amide bonds. The van der Waals surface area contributed by atoms with Gasteiger partial charge in [-0.1, -0.05) is 24.4 Å². The van der Waals surface area contributed by atoms with Crippen LogP contribution in [0, 0.1) is 12.8 Å². The Morgan fingerprint density at radius 1 is 1.23 bits per heavy atom. The first-order valence-electron chi connectivity index (χ1n) is 9.86. The molecule has 26 heavy (non-hydrogen) atoms. The standard InChI is InChI=1S/C19H30N4O3/c1-15-13-17(21-26-15)20-18(24)14-23(12-11-22-9-5-6-10-22)19(25)16-7-3-2-4-8-16/h13,16H,2-12,14H2,1H3,(H,20,21,24). The predicted molar refractivity (Wildman–Crippen MR) is 98.7 cm³/mol. The number of carbonyl (C=O) groups is 2. The topological polar surface area (TPSA) is 78.7 Å². The molecule has 1 aliphatic carbocycles. The third kappa shape index (κ3) is 5.30. The number of anilines is 1. The highest BCUT2D eigenvalue weighted by Gasteiger charge is 2.28. The van der Waals surface area contributed by atoms with Gasteiger partial charge in [-0.3, -0.25) is 9.59 Å². The van der Waals surface area contributed by atoms with E-state index in [1.54, 1.807) is 17.9 Å². The summed E-state index contributed by atoms with van der Waals surface area (Å²) in [4.78, 5) is 29.5. The van der Waals surface area contributed by atoms with E-state index in [1.807, 2.05) is 0 Å². The molecule has 7 nitrogen and oxygen atoms in total. The molecular weight excluding hydrogens is 332 g/mol. The van der Waals surface area contributed by atoms with Crippen LogP contribution in [-0.2, 0) is 9.59 Å². The molecule has 0 radical (unpaired) electrons. The van der Waals surface area contributed by atoms with Crippen LogP contribution < -0.4 is 5.32 Å². The number of nitrogens with one attached hydrogen (secondary N) is 1. The second kappa shape index (κ2) is 9.16. The number of rotatable bonds is 7. The Labute approximate surface area is 155 Å². The van der Waals surface area contributed by atoms with E-state index in [4.69, 9.17) is 4.52 Å².